The zero-order valence-corrected chi connectivity index (χ0v) is 10.2. The number of thiophene rings is 1. The third-order valence-corrected chi connectivity index (χ3v) is 3.61. The van der Waals surface area contributed by atoms with Gasteiger partial charge in [-0.2, -0.15) is 0 Å². The Morgan fingerprint density at radius 2 is 2.29 bits per heavy atom. The first-order valence-electron chi connectivity index (χ1n) is 5.72. The van der Waals surface area contributed by atoms with Crippen LogP contribution in [0, 0.1) is 0 Å². The van der Waals surface area contributed by atoms with Crippen LogP contribution in [-0.2, 0) is 6.54 Å². The van der Waals surface area contributed by atoms with Gasteiger partial charge in [-0.05, 0) is 24.3 Å². The topological polar surface area (TPSA) is 63.8 Å². The largest absolute Gasteiger partial charge is 0.384 e. The Balaban J connectivity index is 1.73. The summed E-state index contributed by atoms with van der Waals surface area (Å²) >= 11 is 1.73. The van der Waals surface area contributed by atoms with E-state index in [9.17, 15) is 0 Å². The Morgan fingerprint density at radius 3 is 3.00 bits per heavy atom. The van der Waals surface area contributed by atoms with Gasteiger partial charge in [-0.15, -0.1) is 11.3 Å². The molecule has 1 fully saturated rings. The number of hydrogen-bond donors (Lipinski definition) is 2. The highest BCUT2D eigenvalue weighted by Gasteiger charge is 2.27. The fourth-order valence-electron chi connectivity index (χ4n) is 1.69. The summed E-state index contributed by atoms with van der Waals surface area (Å²) in [5.74, 6) is 2.79. The molecule has 0 unspecified atom stereocenters. The van der Waals surface area contributed by atoms with Crippen LogP contribution in [0.5, 0.6) is 0 Å². The van der Waals surface area contributed by atoms with E-state index in [4.69, 9.17) is 5.73 Å². The van der Waals surface area contributed by atoms with E-state index in [-0.39, 0.29) is 0 Å². The number of aromatic nitrogens is 2. The molecule has 2 aromatic heterocycles. The van der Waals surface area contributed by atoms with Crippen LogP contribution < -0.4 is 11.1 Å². The van der Waals surface area contributed by atoms with E-state index in [1.165, 1.54) is 17.7 Å². The van der Waals surface area contributed by atoms with E-state index in [2.05, 4.69) is 26.7 Å². The van der Waals surface area contributed by atoms with E-state index < -0.39 is 0 Å². The van der Waals surface area contributed by atoms with E-state index >= 15 is 0 Å². The van der Waals surface area contributed by atoms with Crippen molar-refractivity contribution in [2.75, 3.05) is 11.1 Å². The highest BCUT2D eigenvalue weighted by atomic mass is 32.1. The van der Waals surface area contributed by atoms with Gasteiger partial charge in [0.2, 0.25) is 0 Å². The van der Waals surface area contributed by atoms with Gasteiger partial charge in [-0.25, -0.2) is 9.97 Å². The second-order valence-electron chi connectivity index (χ2n) is 4.24. The maximum atomic E-state index is 5.79. The fraction of sp³-hybridized carbons (Fsp3) is 0.333. The molecule has 0 aromatic carbocycles. The molecule has 0 saturated heterocycles. The minimum atomic E-state index is 0.529. The molecule has 1 aliphatic rings. The zero-order chi connectivity index (χ0) is 11.7. The molecule has 88 valence electrons. The van der Waals surface area contributed by atoms with E-state index in [0.717, 1.165) is 18.2 Å². The molecule has 2 heterocycles. The summed E-state index contributed by atoms with van der Waals surface area (Å²) in [7, 11) is 0. The highest BCUT2D eigenvalue weighted by molar-refractivity contribution is 7.09. The number of nitrogens with zero attached hydrogens (tertiary/aromatic N) is 2. The molecule has 0 spiro atoms. The summed E-state index contributed by atoms with van der Waals surface area (Å²) in [6.45, 7) is 0.790. The van der Waals surface area contributed by atoms with Crippen molar-refractivity contribution in [2.24, 2.45) is 0 Å². The summed E-state index contributed by atoms with van der Waals surface area (Å²) in [6, 6.07) is 5.94. The normalized spacial score (nSPS) is 14.8. The lowest BCUT2D eigenvalue weighted by Gasteiger charge is -2.06. The van der Waals surface area contributed by atoms with Crippen molar-refractivity contribution in [2.45, 2.75) is 25.3 Å². The molecule has 0 radical (unpaired) electrons. The van der Waals surface area contributed by atoms with Crippen LogP contribution in [0.2, 0.25) is 0 Å². The fourth-order valence-corrected chi connectivity index (χ4v) is 2.34. The summed E-state index contributed by atoms with van der Waals surface area (Å²) in [5.41, 5.74) is 5.79. The second-order valence-corrected chi connectivity index (χ2v) is 5.28. The molecule has 0 atom stereocenters. The number of nitrogens with two attached hydrogens (primary N) is 1. The summed E-state index contributed by atoms with van der Waals surface area (Å²) in [6.07, 6.45) is 2.38. The molecule has 17 heavy (non-hydrogen) atoms. The SMILES string of the molecule is Nc1cc(NCc2cccs2)nc(C2CC2)n1. The molecule has 2 aromatic rings. The van der Waals surface area contributed by atoms with Gasteiger partial charge >= 0.3 is 0 Å². The van der Waals surface area contributed by atoms with Gasteiger partial charge in [0.25, 0.3) is 0 Å². The molecule has 3 rings (SSSR count). The van der Waals surface area contributed by atoms with Crippen molar-refractivity contribution >= 4 is 23.0 Å². The average molecular weight is 246 g/mol. The third-order valence-electron chi connectivity index (χ3n) is 2.73. The van der Waals surface area contributed by atoms with Crippen molar-refractivity contribution in [3.63, 3.8) is 0 Å². The predicted octanol–water partition coefficient (Wildman–Crippen LogP) is 2.61. The third kappa shape index (κ3) is 2.55. The monoisotopic (exact) mass is 246 g/mol. The lowest BCUT2D eigenvalue weighted by molar-refractivity contribution is 0.927. The van der Waals surface area contributed by atoms with Crippen molar-refractivity contribution in [1.82, 2.24) is 9.97 Å². The van der Waals surface area contributed by atoms with Gasteiger partial charge in [0.05, 0.1) is 6.54 Å². The van der Waals surface area contributed by atoms with Crippen molar-refractivity contribution in [1.29, 1.82) is 0 Å². The van der Waals surface area contributed by atoms with Gasteiger partial charge < -0.3 is 11.1 Å². The van der Waals surface area contributed by atoms with Crippen molar-refractivity contribution in [3.05, 3.63) is 34.3 Å². The zero-order valence-electron chi connectivity index (χ0n) is 9.39. The van der Waals surface area contributed by atoms with E-state index in [0.29, 0.717) is 11.7 Å². The minimum Gasteiger partial charge on any atom is -0.384 e. The van der Waals surface area contributed by atoms with Crippen LogP contribution in [0.1, 0.15) is 29.5 Å². The number of anilines is 2. The number of nitrogen functional groups attached to an aromatic ring is 1. The minimum absolute atomic E-state index is 0.529. The van der Waals surface area contributed by atoms with Gasteiger partial charge in [-0.3, -0.25) is 0 Å². The molecule has 4 nitrogen and oxygen atoms in total. The summed E-state index contributed by atoms with van der Waals surface area (Å²) < 4.78 is 0. The molecule has 1 saturated carbocycles. The first-order valence-corrected chi connectivity index (χ1v) is 6.60. The molecule has 1 aliphatic carbocycles. The summed E-state index contributed by atoms with van der Waals surface area (Å²) in [4.78, 5) is 10.1. The first kappa shape index (κ1) is 10.5. The first-order chi connectivity index (χ1) is 8.31. The molecular formula is C12H14N4S. The predicted molar refractivity (Wildman–Crippen MR) is 70.1 cm³/mol. The molecule has 5 heteroatoms. The number of rotatable bonds is 4. The van der Waals surface area contributed by atoms with Gasteiger partial charge in [0, 0.05) is 16.9 Å². The van der Waals surface area contributed by atoms with Crippen LogP contribution in [-0.4, -0.2) is 9.97 Å². The Hall–Kier alpha value is -1.62. The van der Waals surface area contributed by atoms with Crippen molar-refractivity contribution < 1.29 is 0 Å². The molecule has 3 N–H and O–H groups in total. The Kier molecular flexibility index (Phi) is 2.68. The van der Waals surface area contributed by atoms with Crippen LogP contribution in [0.4, 0.5) is 11.6 Å². The molecule has 0 amide bonds. The Labute approximate surface area is 104 Å². The van der Waals surface area contributed by atoms with Gasteiger partial charge in [-0.1, -0.05) is 6.07 Å². The average Bonchev–Trinajstić information content (AvgIpc) is 3.04. The lowest BCUT2D eigenvalue weighted by atomic mass is 10.3. The van der Waals surface area contributed by atoms with Crippen LogP contribution in [0.25, 0.3) is 0 Å². The number of nitrogens with one attached hydrogen (secondary N) is 1. The van der Waals surface area contributed by atoms with Crippen LogP contribution >= 0.6 is 11.3 Å². The van der Waals surface area contributed by atoms with Crippen molar-refractivity contribution in [3.8, 4) is 0 Å². The smallest absolute Gasteiger partial charge is 0.136 e. The second kappa shape index (κ2) is 4.33. The Bertz CT molecular complexity index is 505. The van der Waals surface area contributed by atoms with E-state index in [1.807, 2.05) is 6.07 Å². The molecular weight excluding hydrogens is 232 g/mol. The quantitative estimate of drug-likeness (QED) is 0.870. The summed E-state index contributed by atoms with van der Waals surface area (Å²) in [5, 5.41) is 5.36. The highest BCUT2D eigenvalue weighted by Crippen LogP contribution is 2.38. The maximum absolute atomic E-state index is 5.79. The Morgan fingerprint density at radius 1 is 1.41 bits per heavy atom. The standard InChI is InChI=1S/C12H14N4S/c13-10-6-11(14-7-9-2-1-5-17-9)16-12(15-10)8-3-4-8/h1-2,5-6,8H,3-4,7H2,(H3,13,14,15,16). The number of hydrogen-bond acceptors (Lipinski definition) is 5. The van der Waals surface area contributed by atoms with Gasteiger partial charge in [0.15, 0.2) is 0 Å². The molecule has 0 bridgehead atoms. The van der Waals surface area contributed by atoms with E-state index in [1.54, 1.807) is 17.4 Å². The van der Waals surface area contributed by atoms with Crippen LogP contribution in [0.3, 0.4) is 0 Å². The van der Waals surface area contributed by atoms with Gasteiger partial charge in [0.1, 0.15) is 17.5 Å². The maximum Gasteiger partial charge on any atom is 0.136 e. The molecule has 0 aliphatic heterocycles. The lowest BCUT2D eigenvalue weighted by Crippen LogP contribution is -2.05. The van der Waals surface area contributed by atoms with Crippen LogP contribution in [0.15, 0.2) is 23.6 Å².